The summed E-state index contributed by atoms with van der Waals surface area (Å²) < 4.78 is 0. The Morgan fingerprint density at radius 1 is 1.20 bits per heavy atom. The molecule has 0 radical (unpaired) electrons. The van der Waals surface area contributed by atoms with E-state index in [1.165, 1.54) is 0 Å². The lowest BCUT2D eigenvalue weighted by atomic mass is 9.98. The van der Waals surface area contributed by atoms with E-state index in [1.54, 1.807) is 23.1 Å². The molecule has 0 aromatic heterocycles. The van der Waals surface area contributed by atoms with E-state index in [4.69, 9.17) is 23.2 Å². The van der Waals surface area contributed by atoms with Crippen LogP contribution in [0.4, 0.5) is 10.5 Å². The van der Waals surface area contributed by atoms with Gasteiger partial charge in [-0.15, -0.1) is 0 Å². The topological polar surface area (TPSA) is 23.6 Å². The van der Waals surface area contributed by atoms with Gasteiger partial charge in [-0.1, -0.05) is 23.2 Å². The Kier molecular flexibility index (Phi) is 4.03. The first kappa shape index (κ1) is 15.2. The maximum atomic E-state index is 12.7. The first-order valence-electron chi connectivity index (χ1n) is 6.54. The molecule has 0 aliphatic carbocycles. The summed E-state index contributed by atoms with van der Waals surface area (Å²) in [6.07, 6.45) is 2.08. The molecule has 5 heteroatoms. The van der Waals surface area contributed by atoms with Crippen molar-refractivity contribution in [3.63, 3.8) is 0 Å². The molecule has 0 unspecified atom stereocenters. The van der Waals surface area contributed by atoms with E-state index in [-0.39, 0.29) is 11.6 Å². The third-order valence-electron chi connectivity index (χ3n) is 3.51. The van der Waals surface area contributed by atoms with Crippen molar-refractivity contribution >= 4 is 34.9 Å². The Labute approximate surface area is 129 Å². The molecule has 2 amide bonds. The first-order valence-corrected chi connectivity index (χ1v) is 7.29. The summed E-state index contributed by atoms with van der Waals surface area (Å²) in [6.45, 7) is 8.61. The summed E-state index contributed by atoms with van der Waals surface area (Å²) in [5, 5.41) is 0.923. The molecule has 1 heterocycles. The Morgan fingerprint density at radius 2 is 1.85 bits per heavy atom. The van der Waals surface area contributed by atoms with Gasteiger partial charge in [0.05, 0.1) is 21.3 Å². The van der Waals surface area contributed by atoms with Crippen LogP contribution >= 0.6 is 23.2 Å². The molecule has 1 aliphatic rings. The number of carbonyl (C=O) groups is 1. The van der Waals surface area contributed by atoms with E-state index in [2.05, 4.69) is 6.08 Å². The molecule has 20 heavy (non-hydrogen) atoms. The van der Waals surface area contributed by atoms with Crippen LogP contribution in [0, 0.1) is 0 Å². The van der Waals surface area contributed by atoms with Gasteiger partial charge in [-0.2, -0.15) is 0 Å². The number of amides is 2. The number of urea groups is 1. The van der Waals surface area contributed by atoms with Crippen molar-refractivity contribution in [3.8, 4) is 0 Å². The Bertz CT molecular complexity index is 581. The van der Waals surface area contributed by atoms with Gasteiger partial charge in [-0.3, -0.25) is 4.90 Å². The van der Waals surface area contributed by atoms with Crippen LogP contribution < -0.4 is 4.90 Å². The van der Waals surface area contributed by atoms with E-state index in [0.29, 0.717) is 16.6 Å². The number of benzene rings is 1. The highest BCUT2D eigenvalue weighted by Gasteiger charge is 2.37. The van der Waals surface area contributed by atoms with Crippen LogP contribution in [0.1, 0.15) is 27.7 Å². The van der Waals surface area contributed by atoms with Crippen molar-refractivity contribution < 1.29 is 4.79 Å². The number of halogens is 2. The van der Waals surface area contributed by atoms with Gasteiger partial charge in [0, 0.05) is 12.2 Å². The molecule has 0 atom stereocenters. The standard InChI is InChI=1S/C15H18Cl2N2O/c1-5-18-14(20)19(10(2)9-15(18,3)4)11-6-7-12(16)13(17)8-11/h6-9H,5H2,1-4H3. The molecule has 108 valence electrons. The number of carbonyl (C=O) groups excluding carboxylic acids is 1. The van der Waals surface area contributed by atoms with Crippen LogP contribution in [-0.2, 0) is 0 Å². The highest BCUT2D eigenvalue weighted by atomic mass is 35.5. The van der Waals surface area contributed by atoms with E-state index in [0.717, 1.165) is 11.4 Å². The third-order valence-corrected chi connectivity index (χ3v) is 4.25. The Balaban J connectivity index is 2.50. The monoisotopic (exact) mass is 312 g/mol. The van der Waals surface area contributed by atoms with Crippen molar-refractivity contribution in [2.45, 2.75) is 33.2 Å². The number of likely N-dealkylation sites (N-methyl/N-ethyl adjacent to an activating group) is 1. The fraction of sp³-hybridized carbons (Fsp3) is 0.400. The number of nitrogens with zero attached hydrogens (tertiary/aromatic N) is 2. The molecule has 0 bridgehead atoms. The summed E-state index contributed by atoms with van der Waals surface area (Å²) >= 11 is 12.0. The number of hydrogen-bond donors (Lipinski definition) is 0. The lowest BCUT2D eigenvalue weighted by Crippen LogP contribution is -2.56. The summed E-state index contributed by atoms with van der Waals surface area (Å²) in [5.41, 5.74) is 1.33. The van der Waals surface area contributed by atoms with Gasteiger partial charge < -0.3 is 4.90 Å². The van der Waals surface area contributed by atoms with Gasteiger partial charge in [0.1, 0.15) is 0 Å². The van der Waals surface area contributed by atoms with Crippen molar-refractivity contribution in [2.24, 2.45) is 0 Å². The summed E-state index contributed by atoms with van der Waals surface area (Å²) in [6, 6.07) is 5.17. The second kappa shape index (κ2) is 5.30. The molecule has 0 saturated heterocycles. The van der Waals surface area contributed by atoms with Crippen molar-refractivity contribution in [1.29, 1.82) is 0 Å². The largest absolute Gasteiger partial charge is 0.329 e. The molecule has 1 aromatic carbocycles. The minimum Gasteiger partial charge on any atom is -0.316 e. The van der Waals surface area contributed by atoms with Crippen molar-refractivity contribution in [2.75, 3.05) is 11.4 Å². The zero-order chi connectivity index (χ0) is 15.1. The fourth-order valence-corrected chi connectivity index (χ4v) is 2.95. The molecule has 0 fully saturated rings. The minimum atomic E-state index is -0.289. The maximum absolute atomic E-state index is 12.7. The van der Waals surface area contributed by atoms with Gasteiger partial charge in [0.2, 0.25) is 0 Å². The van der Waals surface area contributed by atoms with Crippen LogP contribution in [0.2, 0.25) is 10.0 Å². The molecule has 0 spiro atoms. The van der Waals surface area contributed by atoms with Gasteiger partial charge >= 0.3 is 6.03 Å². The normalized spacial score (nSPS) is 18.3. The second-order valence-corrected chi connectivity index (χ2v) is 6.21. The Morgan fingerprint density at radius 3 is 2.40 bits per heavy atom. The highest BCUT2D eigenvalue weighted by molar-refractivity contribution is 6.42. The summed E-state index contributed by atoms with van der Waals surface area (Å²) in [4.78, 5) is 16.2. The number of allylic oxidation sites excluding steroid dienone is 1. The molecule has 3 nitrogen and oxygen atoms in total. The van der Waals surface area contributed by atoms with Gasteiger partial charge in [-0.05, 0) is 52.0 Å². The molecule has 0 saturated carbocycles. The molecule has 1 aromatic rings. The lowest BCUT2D eigenvalue weighted by Gasteiger charge is -2.44. The van der Waals surface area contributed by atoms with Gasteiger partial charge in [0.15, 0.2) is 0 Å². The lowest BCUT2D eigenvalue weighted by molar-refractivity contribution is 0.165. The first-order chi connectivity index (χ1) is 9.27. The van der Waals surface area contributed by atoms with Crippen LogP contribution in [0.15, 0.2) is 30.0 Å². The SMILES string of the molecule is CCN1C(=O)N(c2ccc(Cl)c(Cl)c2)C(C)=CC1(C)C. The Hall–Kier alpha value is -1.19. The molecule has 2 rings (SSSR count). The number of rotatable bonds is 2. The maximum Gasteiger partial charge on any atom is 0.329 e. The predicted molar refractivity (Wildman–Crippen MR) is 84.6 cm³/mol. The van der Waals surface area contributed by atoms with Gasteiger partial charge in [0.25, 0.3) is 0 Å². The molecular weight excluding hydrogens is 295 g/mol. The van der Waals surface area contributed by atoms with Crippen LogP contribution in [0.25, 0.3) is 0 Å². The summed E-state index contributed by atoms with van der Waals surface area (Å²) in [5.74, 6) is 0. The smallest absolute Gasteiger partial charge is 0.316 e. The molecule has 1 aliphatic heterocycles. The zero-order valence-electron chi connectivity index (χ0n) is 12.1. The van der Waals surface area contributed by atoms with Crippen LogP contribution in [0.5, 0.6) is 0 Å². The van der Waals surface area contributed by atoms with Crippen LogP contribution in [-0.4, -0.2) is 23.0 Å². The molecule has 0 N–H and O–H groups in total. The quantitative estimate of drug-likeness (QED) is 0.759. The average molecular weight is 313 g/mol. The fourth-order valence-electron chi connectivity index (χ4n) is 2.65. The van der Waals surface area contributed by atoms with E-state index < -0.39 is 0 Å². The molecular formula is C15H18Cl2N2O. The third kappa shape index (κ3) is 2.52. The summed E-state index contributed by atoms with van der Waals surface area (Å²) in [7, 11) is 0. The minimum absolute atomic E-state index is 0.0455. The number of anilines is 1. The van der Waals surface area contributed by atoms with Crippen LogP contribution in [0.3, 0.4) is 0 Å². The predicted octanol–water partition coefficient (Wildman–Crippen LogP) is 4.94. The van der Waals surface area contributed by atoms with Gasteiger partial charge in [-0.25, -0.2) is 4.79 Å². The second-order valence-electron chi connectivity index (χ2n) is 5.40. The highest BCUT2D eigenvalue weighted by Crippen LogP contribution is 2.34. The van der Waals surface area contributed by atoms with E-state index in [1.807, 2.05) is 32.6 Å². The van der Waals surface area contributed by atoms with E-state index >= 15 is 0 Å². The van der Waals surface area contributed by atoms with Crippen molar-refractivity contribution in [1.82, 2.24) is 4.90 Å². The zero-order valence-corrected chi connectivity index (χ0v) is 13.6. The van der Waals surface area contributed by atoms with E-state index in [9.17, 15) is 4.79 Å². The van der Waals surface area contributed by atoms with Crippen molar-refractivity contribution in [3.05, 3.63) is 40.0 Å². The number of hydrogen-bond acceptors (Lipinski definition) is 1. The average Bonchev–Trinajstić information content (AvgIpc) is 2.32.